The molecule has 288 valence electrons. The SMILES string of the molecule is O=C1NC(=O)c2ccccc21.O=C1c2ccccc2C(=O)N1Cc1cc(-c2ccc(C(F)(F)F)cn2)ncn1.OCc1cc(-c2ccc(C(F)(F)F)cn2)ncn1. The minimum absolute atomic E-state index is 0.0809. The number of carbonyl (C=O) groups is 4. The number of fused-ring (bicyclic) bond motifs is 2. The lowest BCUT2D eigenvalue weighted by atomic mass is 10.1. The fourth-order valence-electron chi connectivity index (χ4n) is 5.34. The minimum Gasteiger partial charge on any atom is -0.390 e. The average Bonchev–Trinajstić information content (AvgIpc) is 3.64. The highest BCUT2D eigenvalue weighted by atomic mass is 19.4. The van der Waals surface area contributed by atoms with Gasteiger partial charge in [0.1, 0.15) is 12.7 Å². The lowest BCUT2D eigenvalue weighted by Gasteiger charge is -2.13. The summed E-state index contributed by atoms with van der Waals surface area (Å²) in [5, 5.41) is 11.1. The van der Waals surface area contributed by atoms with E-state index < -0.39 is 35.3 Å². The number of halogens is 6. The first-order valence-electron chi connectivity index (χ1n) is 16.3. The summed E-state index contributed by atoms with van der Waals surface area (Å²) in [6, 6.07) is 20.5. The van der Waals surface area contributed by atoms with Crippen molar-refractivity contribution in [3.8, 4) is 22.8 Å². The van der Waals surface area contributed by atoms with Gasteiger partial charge in [-0.1, -0.05) is 24.3 Å². The Morgan fingerprint density at radius 3 is 1.35 bits per heavy atom. The zero-order valence-electron chi connectivity index (χ0n) is 28.8. The number of imide groups is 2. The van der Waals surface area contributed by atoms with Gasteiger partial charge in [-0.25, -0.2) is 19.9 Å². The second-order valence-corrected chi connectivity index (χ2v) is 11.9. The Bertz CT molecular complexity index is 2410. The number of carbonyl (C=O) groups excluding carboxylic acids is 4. The molecule has 0 bridgehead atoms. The lowest BCUT2D eigenvalue weighted by molar-refractivity contribution is -0.138. The van der Waals surface area contributed by atoms with Crippen LogP contribution in [0.3, 0.4) is 0 Å². The fraction of sp³-hybridized carbons (Fsp3) is 0.105. The Balaban J connectivity index is 0.000000161. The minimum atomic E-state index is -4.48. The molecule has 0 fully saturated rings. The molecule has 0 aliphatic carbocycles. The highest BCUT2D eigenvalue weighted by molar-refractivity contribution is 6.22. The number of pyridine rings is 2. The van der Waals surface area contributed by atoms with E-state index in [9.17, 15) is 45.5 Å². The summed E-state index contributed by atoms with van der Waals surface area (Å²) in [7, 11) is 0. The van der Waals surface area contributed by atoms with E-state index in [2.05, 4.69) is 35.2 Å². The molecule has 57 heavy (non-hydrogen) atoms. The van der Waals surface area contributed by atoms with Crippen molar-refractivity contribution in [1.29, 1.82) is 0 Å². The molecule has 0 saturated heterocycles. The number of hydrogen-bond acceptors (Lipinski definition) is 11. The van der Waals surface area contributed by atoms with Crippen LogP contribution in [0.2, 0.25) is 0 Å². The monoisotopic (exact) mass is 786 g/mol. The Labute approximate surface area is 317 Å². The van der Waals surface area contributed by atoms with Gasteiger partial charge in [-0.3, -0.25) is 39.4 Å². The number of amides is 4. The fourth-order valence-corrected chi connectivity index (χ4v) is 5.34. The largest absolute Gasteiger partial charge is 0.417 e. The number of alkyl halides is 6. The van der Waals surface area contributed by atoms with Gasteiger partial charge in [0.15, 0.2) is 0 Å². The van der Waals surface area contributed by atoms with Crippen LogP contribution in [0, 0.1) is 0 Å². The van der Waals surface area contributed by atoms with Crippen molar-refractivity contribution in [3.63, 3.8) is 0 Å². The maximum atomic E-state index is 12.7. The molecule has 0 saturated carbocycles. The van der Waals surface area contributed by atoms with E-state index in [1.807, 2.05) is 0 Å². The first-order valence-corrected chi connectivity index (χ1v) is 16.3. The van der Waals surface area contributed by atoms with Crippen LogP contribution in [0.5, 0.6) is 0 Å². The maximum Gasteiger partial charge on any atom is 0.417 e. The Morgan fingerprint density at radius 1 is 0.526 bits per heavy atom. The molecular weight excluding hydrogens is 762 g/mol. The molecule has 4 amide bonds. The smallest absolute Gasteiger partial charge is 0.390 e. The molecule has 19 heteroatoms. The summed E-state index contributed by atoms with van der Waals surface area (Å²) in [4.78, 5) is 71.0. The van der Waals surface area contributed by atoms with Crippen LogP contribution in [0.25, 0.3) is 22.8 Å². The summed E-state index contributed by atoms with van der Waals surface area (Å²) in [6.45, 7) is -0.349. The number of nitrogens with one attached hydrogen (secondary N) is 1. The van der Waals surface area contributed by atoms with Gasteiger partial charge < -0.3 is 5.11 Å². The number of rotatable bonds is 5. The summed E-state index contributed by atoms with van der Waals surface area (Å²) in [5.41, 5.74) is 1.81. The third kappa shape index (κ3) is 9.00. The summed E-state index contributed by atoms with van der Waals surface area (Å²) >= 11 is 0. The van der Waals surface area contributed by atoms with Gasteiger partial charge >= 0.3 is 12.4 Å². The van der Waals surface area contributed by atoms with Gasteiger partial charge in [0, 0.05) is 12.4 Å². The molecule has 2 aliphatic heterocycles. The second-order valence-electron chi connectivity index (χ2n) is 11.9. The first kappa shape index (κ1) is 39.4. The third-order valence-electron chi connectivity index (χ3n) is 8.16. The van der Waals surface area contributed by atoms with E-state index in [0.29, 0.717) is 45.0 Å². The third-order valence-corrected chi connectivity index (χ3v) is 8.16. The van der Waals surface area contributed by atoms with Crippen molar-refractivity contribution in [2.24, 2.45) is 0 Å². The standard InChI is InChI=1S/C19H11F3N4O2.C11H8F3N3O.C8H5NO2/c20-19(21,22)11-5-6-15(23-8-11)16-7-12(24-10-25-16)9-26-17(27)13-3-1-2-4-14(13)18(26)28;12-11(13,14)7-1-2-9(15-4-7)10-3-8(5-18)16-6-17-10;10-7-5-3-1-2-4-6(5)8(11)9-7/h1-8,10H,9H2;1-4,6,18H,5H2;1-4H,(H,9,10,11). The zero-order valence-corrected chi connectivity index (χ0v) is 28.8. The predicted molar refractivity (Wildman–Crippen MR) is 185 cm³/mol. The maximum absolute atomic E-state index is 12.7. The number of aliphatic hydroxyl groups excluding tert-OH is 1. The van der Waals surface area contributed by atoms with Gasteiger partial charge in [0.2, 0.25) is 0 Å². The molecule has 2 aliphatic rings. The van der Waals surface area contributed by atoms with E-state index in [-0.39, 0.29) is 36.4 Å². The average molecular weight is 787 g/mol. The van der Waals surface area contributed by atoms with E-state index in [1.165, 1.54) is 36.9 Å². The number of nitrogens with zero attached hydrogens (tertiary/aromatic N) is 7. The molecule has 0 unspecified atom stereocenters. The highest BCUT2D eigenvalue weighted by Crippen LogP contribution is 2.31. The Morgan fingerprint density at radius 2 is 0.947 bits per heavy atom. The molecule has 4 aromatic heterocycles. The lowest BCUT2D eigenvalue weighted by Crippen LogP contribution is -2.29. The van der Waals surface area contributed by atoms with Crippen LogP contribution >= 0.6 is 0 Å². The summed E-state index contributed by atoms with van der Waals surface area (Å²) in [6.07, 6.45) is -4.99. The van der Waals surface area contributed by atoms with Gasteiger partial charge in [-0.15, -0.1) is 0 Å². The van der Waals surface area contributed by atoms with E-state index in [1.54, 1.807) is 48.5 Å². The zero-order chi connectivity index (χ0) is 40.9. The van der Waals surface area contributed by atoms with Crippen molar-refractivity contribution in [3.05, 3.63) is 155 Å². The van der Waals surface area contributed by atoms with Gasteiger partial charge in [-0.05, 0) is 60.7 Å². The Hall–Kier alpha value is -7.28. The van der Waals surface area contributed by atoms with E-state index >= 15 is 0 Å². The molecule has 8 rings (SSSR count). The topological polar surface area (TPSA) is 181 Å². The van der Waals surface area contributed by atoms with Crippen LogP contribution in [-0.2, 0) is 25.5 Å². The van der Waals surface area contributed by atoms with Crippen LogP contribution in [0.4, 0.5) is 26.3 Å². The van der Waals surface area contributed by atoms with Crippen molar-refractivity contribution in [1.82, 2.24) is 40.1 Å². The number of hydrogen-bond donors (Lipinski definition) is 2. The molecule has 2 N–H and O–H groups in total. The van der Waals surface area contributed by atoms with Crippen molar-refractivity contribution < 1.29 is 50.6 Å². The van der Waals surface area contributed by atoms with Gasteiger partial charge in [-0.2, -0.15) is 26.3 Å². The van der Waals surface area contributed by atoms with Crippen LogP contribution in [0.1, 0.15) is 63.9 Å². The molecule has 0 atom stereocenters. The second kappa shape index (κ2) is 16.2. The van der Waals surface area contributed by atoms with Crippen molar-refractivity contribution >= 4 is 23.6 Å². The molecule has 0 spiro atoms. The Kier molecular flexibility index (Phi) is 11.2. The molecular formula is C38H24F6N8O5. The highest BCUT2D eigenvalue weighted by Gasteiger charge is 2.36. The quantitative estimate of drug-likeness (QED) is 0.155. The number of benzene rings is 2. The summed E-state index contributed by atoms with van der Waals surface area (Å²) in [5.74, 6) is -1.45. The van der Waals surface area contributed by atoms with Crippen LogP contribution in [-0.4, -0.2) is 63.5 Å². The molecule has 2 aromatic carbocycles. The molecule has 6 aromatic rings. The number of aromatic nitrogens is 6. The van der Waals surface area contributed by atoms with E-state index in [4.69, 9.17) is 5.11 Å². The normalized spacial score (nSPS) is 13.2. The van der Waals surface area contributed by atoms with Crippen molar-refractivity contribution in [2.75, 3.05) is 0 Å². The molecule has 6 heterocycles. The van der Waals surface area contributed by atoms with Crippen LogP contribution < -0.4 is 5.32 Å². The van der Waals surface area contributed by atoms with Gasteiger partial charge in [0.25, 0.3) is 23.6 Å². The predicted octanol–water partition coefficient (Wildman–Crippen LogP) is 5.97. The molecule has 13 nitrogen and oxygen atoms in total. The number of aliphatic hydroxyl groups is 1. The van der Waals surface area contributed by atoms with Crippen molar-refractivity contribution in [2.45, 2.75) is 25.5 Å². The van der Waals surface area contributed by atoms with Gasteiger partial charge in [0.05, 0.1) is 80.7 Å². The summed E-state index contributed by atoms with van der Waals surface area (Å²) < 4.78 is 75.0. The van der Waals surface area contributed by atoms with Crippen LogP contribution in [0.15, 0.2) is 110 Å². The molecule has 0 radical (unpaired) electrons. The van der Waals surface area contributed by atoms with E-state index in [0.717, 1.165) is 29.4 Å². The first-order chi connectivity index (χ1) is 27.1.